The van der Waals surface area contributed by atoms with Crippen molar-refractivity contribution < 1.29 is 46.5 Å². The van der Waals surface area contributed by atoms with Crippen LogP contribution in [-0.2, 0) is 49.2 Å². The normalized spacial score (nSPS) is 23.6. The smallest absolute Gasteiger partial charge is 0.373 e. The Hall–Kier alpha value is -4.56. The fourth-order valence-corrected chi connectivity index (χ4v) is 8.66. The molecule has 2 spiro atoms. The van der Waals surface area contributed by atoms with Crippen LogP contribution in [0.15, 0.2) is 43.0 Å². The highest BCUT2D eigenvalue weighted by Gasteiger charge is 2.63. The number of fused-ring (bicyclic) bond motifs is 5. The second kappa shape index (κ2) is 15.4. The van der Waals surface area contributed by atoms with E-state index in [1.165, 1.54) is 33.3 Å². The summed E-state index contributed by atoms with van der Waals surface area (Å²) in [7, 11) is 4.47. The summed E-state index contributed by atoms with van der Waals surface area (Å²) in [5.74, 6) is 0.613. The summed E-state index contributed by atoms with van der Waals surface area (Å²) in [5, 5.41) is 0. The number of esters is 1. The molecule has 3 aromatic rings. The van der Waals surface area contributed by atoms with Gasteiger partial charge >= 0.3 is 12.1 Å². The van der Waals surface area contributed by atoms with Crippen LogP contribution in [0, 0.1) is 29.3 Å². The standard InChI is InChI=1S/C15H17FO3.C14H17FO.C11H11FO.CO2/c1-3-19-14(17)10-8-15(10)7-6-9-4-5-11(18-2)13(16)12(9)15;1-3-10-8-14(10)7-6-9-4-5-11(16-2)13(15)12(9)14;1-7-3-4-8-5-6-9(13-2)11(12)10(7)8;2-1-3/h4-5,10H,3,6-8H2,1-2H3;4-5,10H,3,6-8H2,1-2H3;5-6H,1,3-4H2,2H3;. The van der Waals surface area contributed by atoms with Gasteiger partial charge in [-0.1, -0.05) is 38.1 Å². The van der Waals surface area contributed by atoms with Crippen LogP contribution >= 0.6 is 0 Å². The lowest BCUT2D eigenvalue weighted by Crippen LogP contribution is -2.16. The van der Waals surface area contributed by atoms with Gasteiger partial charge in [-0.2, -0.15) is 9.59 Å². The Labute approximate surface area is 297 Å². The number of halogens is 3. The molecule has 0 aliphatic heterocycles. The lowest BCUT2D eigenvalue weighted by Gasteiger charge is -2.14. The average Bonchev–Trinajstić information content (AvgIpc) is 3.85. The molecule has 4 atom stereocenters. The van der Waals surface area contributed by atoms with Crippen molar-refractivity contribution in [1.29, 1.82) is 0 Å². The van der Waals surface area contributed by atoms with E-state index in [1.807, 2.05) is 18.2 Å². The lowest BCUT2D eigenvalue weighted by molar-refractivity contribution is -0.191. The third-order valence-electron chi connectivity index (χ3n) is 11.3. The number of benzene rings is 3. The molecule has 2 fully saturated rings. The van der Waals surface area contributed by atoms with E-state index in [0.717, 1.165) is 67.2 Å². The molecule has 4 unspecified atom stereocenters. The predicted octanol–water partition coefficient (Wildman–Crippen LogP) is 8.26. The molecule has 0 N–H and O–H groups in total. The quantitative estimate of drug-likeness (QED) is 0.239. The number of rotatable bonds is 6. The van der Waals surface area contributed by atoms with Gasteiger partial charge in [0, 0.05) is 27.5 Å². The minimum Gasteiger partial charge on any atom is -0.494 e. The lowest BCUT2D eigenvalue weighted by atomic mass is 9.94. The van der Waals surface area contributed by atoms with Gasteiger partial charge in [-0.25, -0.2) is 13.2 Å². The van der Waals surface area contributed by atoms with E-state index < -0.39 is 0 Å². The fourth-order valence-electron chi connectivity index (χ4n) is 8.66. The van der Waals surface area contributed by atoms with Crippen LogP contribution < -0.4 is 14.2 Å². The van der Waals surface area contributed by atoms with E-state index in [1.54, 1.807) is 25.1 Å². The number of hydrogen-bond donors (Lipinski definition) is 0. The molecule has 0 bridgehead atoms. The molecule has 0 amide bonds. The second-order valence-electron chi connectivity index (χ2n) is 13.7. The monoisotopic (exact) mass is 706 g/mol. The number of methoxy groups -OCH3 is 3. The molecular weight excluding hydrogens is 661 g/mol. The van der Waals surface area contributed by atoms with Gasteiger partial charge in [0.05, 0.1) is 33.9 Å². The number of aryl methyl sites for hydroxylation is 3. The third kappa shape index (κ3) is 6.78. The molecule has 0 radical (unpaired) electrons. The van der Waals surface area contributed by atoms with Crippen LogP contribution in [0.3, 0.4) is 0 Å². The molecule has 51 heavy (non-hydrogen) atoms. The Morgan fingerprint density at radius 1 is 0.745 bits per heavy atom. The molecule has 0 saturated heterocycles. The number of hydrogen-bond acceptors (Lipinski definition) is 7. The van der Waals surface area contributed by atoms with Gasteiger partial charge in [0.1, 0.15) is 0 Å². The first-order chi connectivity index (χ1) is 24.5. The maximum Gasteiger partial charge on any atom is 0.373 e. The van der Waals surface area contributed by atoms with Gasteiger partial charge in [0.15, 0.2) is 34.7 Å². The molecule has 5 aliphatic rings. The summed E-state index contributed by atoms with van der Waals surface area (Å²) >= 11 is 0. The Morgan fingerprint density at radius 3 is 1.73 bits per heavy atom. The van der Waals surface area contributed by atoms with Gasteiger partial charge in [-0.3, -0.25) is 4.79 Å². The highest BCUT2D eigenvalue weighted by molar-refractivity contribution is 5.80. The molecule has 7 nitrogen and oxygen atoms in total. The van der Waals surface area contributed by atoms with Crippen molar-refractivity contribution in [1.82, 2.24) is 0 Å². The van der Waals surface area contributed by atoms with Crippen LogP contribution in [0.4, 0.5) is 13.2 Å². The molecular formula is C41H45F3O7. The first kappa shape index (κ1) is 37.7. The number of allylic oxidation sites excluding steroid dienone is 1. The Bertz CT molecular complexity index is 1850. The second-order valence-corrected chi connectivity index (χ2v) is 13.7. The van der Waals surface area contributed by atoms with Crippen molar-refractivity contribution in [3.8, 4) is 17.2 Å². The summed E-state index contributed by atoms with van der Waals surface area (Å²) < 4.78 is 62.5. The molecule has 3 aromatic carbocycles. The van der Waals surface area contributed by atoms with E-state index in [0.29, 0.717) is 41.6 Å². The van der Waals surface area contributed by atoms with Crippen molar-refractivity contribution >= 4 is 17.7 Å². The predicted molar refractivity (Wildman–Crippen MR) is 184 cm³/mol. The van der Waals surface area contributed by atoms with E-state index in [2.05, 4.69) is 13.5 Å². The van der Waals surface area contributed by atoms with E-state index in [9.17, 15) is 18.0 Å². The fraction of sp³-hybridized carbons (Fsp3) is 0.463. The SMILES string of the molecule is C=C1CCc2ccc(OC)c(F)c21.CCC1CC12CCc1ccc(OC)c(F)c12.CCOC(=O)C1CC12CCc1ccc(OC)c(F)c12.O=C=O. The van der Waals surface area contributed by atoms with Crippen LogP contribution in [0.1, 0.15) is 85.8 Å². The Kier molecular flexibility index (Phi) is 11.3. The number of carbonyl (C=O) groups is 1. The van der Waals surface area contributed by atoms with Gasteiger partial charge in [0.25, 0.3) is 0 Å². The van der Waals surface area contributed by atoms with Crippen LogP contribution in [0.5, 0.6) is 17.2 Å². The van der Waals surface area contributed by atoms with Gasteiger partial charge < -0.3 is 18.9 Å². The van der Waals surface area contributed by atoms with E-state index >= 15 is 0 Å². The molecule has 10 heteroatoms. The Morgan fingerprint density at radius 2 is 1.24 bits per heavy atom. The maximum atomic E-state index is 14.5. The molecule has 272 valence electrons. The first-order valence-electron chi connectivity index (χ1n) is 17.4. The molecule has 5 aliphatic carbocycles. The van der Waals surface area contributed by atoms with Crippen molar-refractivity contribution in [2.75, 3.05) is 27.9 Å². The highest BCUT2D eigenvalue weighted by atomic mass is 19.1. The Balaban J connectivity index is 0.000000145. The highest BCUT2D eigenvalue weighted by Crippen LogP contribution is 2.64. The van der Waals surface area contributed by atoms with Gasteiger partial charge in [0.2, 0.25) is 0 Å². The zero-order valence-electron chi connectivity index (χ0n) is 29.9. The van der Waals surface area contributed by atoms with Crippen LogP contribution in [0.25, 0.3) is 5.57 Å². The molecule has 0 aromatic heterocycles. The minimum atomic E-state index is -0.333. The van der Waals surface area contributed by atoms with E-state index in [-0.39, 0.29) is 52.1 Å². The maximum absolute atomic E-state index is 14.5. The third-order valence-corrected chi connectivity index (χ3v) is 11.3. The first-order valence-corrected chi connectivity index (χ1v) is 17.4. The van der Waals surface area contributed by atoms with Crippen molar-refractivity contribution in [3.05, 3.63) is 93.8 Å². The zero-order valence-corrected chi connectivity index (χ0v) is 29.9. The summed E-state index contributed by atoms with van der Waals surface area (Å²) in [6.45, 7) is 8.20. The van der Waals surface area contributed by atoms with Crippen LogP contribution in [0.2, 0.25) is 0 Å². The van der Waals surface area contributed by atoms with Gasteiger partial charge in [-0.15, -0.1) is 0 Å². The summed E-state index contributed by atoms with van der Waals surface area (Å²) in [5.41, 5.74) is 6.29. The van der Waals surface area contributed by atoms with Gasteiger partial charge in [-0.05, 0) is 105 Å². The van der Waals surface area contributed by atoms with Crippen molar-refractivity contribution in [2.24, 2.45) is 11.8 Å². The molecule has 8 rings (SSSR count). The summed E-state index contributed by atoms with van der Waals surface area (Å²) in [4.78, 5) is 28.1. The topological polar surface area (TPSA) is 88.1 Å². The number of carbonyl (C=O) groups excluding carboxylic acids is 3. The largest absolute Gasteiger partial charge is 0.494 e. The zero-order chi connectivity index (χ0) is 37.1. The summed E-state index contributed by atoms with van der Waals surface area (Å²) in [6, 6.07) is 11.0. The van der Waals surface area contributed by atoms with Crippen molar-refractivity contribution in [3.63, 3.8) is 0 Å². The minimum absolute atomic E-state index is 0.103. The van der Waals surface area contributed by atoms with Crippen molar-refractivity contribution in [2.45, 2.75) is 82.5 Å². The number of ether oxygens (including phenoxy) is 4. The average molecular weight is 707 g/mol. The summed E-state index contributed by atoms with van der Waals surface area (Å²) in [6.07, 6.45) is 8.85. The van der Waals surface area contributed by atoms with E-state index in [4.69, 9.17) is 28.5 Å². The van der Waals surface area contributed by atoms with Crippen LogP contribution in [-0.4, -0.2) is 40.1 Å². The molecule has 2 saturated carbocycles. The molecule has 0 heterocycles.